The number of carbonyl (C=O) groups is 1. The summed E-state index contributed by atoms with van der Waals surface area (Å²) in [6.07, 6.45) is 7.36. The fraction of sp³-hybridized carbons (Fsp3) is 0.269. The van der Waals surface area contributed by atoms with Crippen molar-refractivity contribution in [2.75, 3.05) is 24.2 Å². The lowest BCUT2D eigenvalue weighted by Crippen LogP contribution is -2.43. The Kier molecular flexibility index (Phi) is 6.49. The van der Waals surface area contributed by atoms with Gasteiger partial charge in [0.2, 0.25) is 5.91 Å². The Labute approximate surface area is 202 Å². The third-order valence-electron chi connectivity index (χ3n) is 6.23. The van der Waals surface area contributed by atoms with Crippen LogP contribution in [-0.2, 0) is 11.3 Å². The van der Waals surface area contributed by atoms with Crippen LogP contribution in [0.2, 0.25) is 0 Å². The van der Waals surface area contributed by atoms with Crippen molar-refractivity contribution in [2.45, 2.75) is 24.3 Å². The van der Waals surface area contributed by atoms with Crippen molar-refractivity contribution in [2.24, 2.45) is 5.92 Å². The molecule has 2 aromatic carbocycles. The van der Waals surface area contributed by atoms with E-state index in [9.17, 15) is 9.18 Å². The van der Waals surface area contributed by atoms with E-state index < -0.39 is 0 Å². The minimum Gasteiger partial charge on any atom is -0.354 e. The van der Waals surface area contributed by atoms with Gasteiger partial charge >= 0.3 is 0 Å². The van der Waals surface area contributed by atoms with Gasteiger partial charge in [-0.15, -0.1) is 11.8 Å². The Morgan fingerprint density at radius 1 is 1.18 bits per heavy atom. The third-order valence-corrected chi connectivity index (χ3v) is 6.97. The summed E-state index contributed by atoms with van der Waals surface area (Å²) in [7, 11) is 0. The maximum atomic E-state index is 13.3. The standard InChI is InChI=1S/C26H26FN5OS/c1-34-22-10-4-18(5-11-22)16-29-26(33)20-3-2-13-31(17-20)25-24-15-23(30-32(24)14-12-28-25)19-6-8-21(27)9-7-19/h4-12,14-15,20H,2-3,13,16-17H2,1H3,(H,29,33). The van der Waals surface area contributed by atoms with Crippen LogP contribution in [0, 0.1) is 11.7 Å². The minimum atomic E-state index is -0.274. The quantitative estimate of drug-likeness (QED) is 0.406. The second-order valence-corrected chi connectivity index (χ2v) is 9.35. The third kappa shape index (κ3) is 4.77. The maximum Gasteiger partial charge on any atom is 0.225 e. The van der Waals surface area contributed by atoms with Gasteiger partial charge in [0.25, 0.3) is 0 Å². The number of hydrogen-bond donors (Lipinski definition) is 1. The second-order valence-electron chi connectivity index (χ2n) is 8.47. The molecule has 0 saturated carbocycles. The zero-order valence-electron chi connectivity index (χ0n) is 18.9. The van der Waals surface area contributed by atoms with Gasteiger partial charge in [-0.2, -0.15) is 5.10 Å². The summed E-state index contributed by atoms with van der Waals surface area (Å²) in [5.74, 6) is 0.518. The number of benzene rings is 2. The van der Waals surface area contributed by atoms with Crippen molar-refractivity contribution >= 4 is 29.0 Å². The van der Waals surface area contributed by atoms with Gasteiger partial charge in [-0.25, -0.2) is 13.9 Å². The molecule has 8 heteroatoms. The zero-order chi connectivity index (χ0) is 23.5. The normalized spacial score (nSPS) is 16.1. The molecule has 1 fully saturated rings. The van der Waals surface area contributed by atoms with E-state index in [1.165, 1.54) is 17.0 Å². The Bertz CT molecular complexity index is 1290. The topological polar surface area (TPSA) is 62.5 Å². The average molecular weight is 476 g/mol. The molecule has 0 bridgehead atoms. The van der Waals surface area contributed by atoms with Crippen LogP contribution >= 0.6 is 11.8 Å². The number of halogens is 1. The van der Waals surface area contributed by atoms with Crippen LogP contribution < -0.4 is 10.2 Å². The van der Waals surface area contributed by atoms with Gasteiger partial charge in [-0.05, 0) is 67.1 Å². The summed E-state index contributed by atoms with van der Waals surface area (Å²) in [5, 5.41) is 7.75. The fourth-order valence-electron chi connectivity index (χ4n) is 4.37. The number of amides is 1. The van der Waals surface area contributed by atoms with E-state index in [0.29, 0.717) is 13.1 Å². The first-order valence-electron chi connectivity index (χ1n) is 11.4. The molecule has 174 valence electrons. The molecule has 3 heterocycles. The highest BCUT2D eigenvalue weighted by Crippen LogP contribution is 2.28. The van der Waals surface area contributed by atoms with Crippen LogP contribution in [0.3, 0.4) is 0 Å². The first kappa shape index (κ1) is 22.4. The van der Waals surface area contributed by atoms with Gasteiger partial charge in [-0.1, -0.05) is 12.1 Å². The largest absolute Gasteiger partial charge is 0.354 e. The van der Waals surface area contributed by atoms with Crippen LogP contribution in [0.15, 0.2) is 71.9 Å². The summed E-state index contributed by atoms with van der Waals surface area (Å²) in [6.45, 7) is 1.98. The predicted molar refractivity (Wildman–Crippen MR) is 133 cm³/mol. The van der Waals surface area contributed by atoms with E-state index in [2.05, 4.69) is 50.8 Å². The number of aromatic nitrogens is 3. The van der Waals surface area contributed by atoms with Crippen molar-refractivity contribution in [3.05, 3.63) is 78.4 Å². The van der Waals surface area contributed by atoms with Gasteiger partial charge in [0.15, 0.2) is 5.82 Å². The minimum absolute atomic E-state index is 0.0751. The number of nitrogens with zero attached hydrogens (tertiary/aromatic N) is 4. The van der Waals surface area contributed by atoms with Crippen LogP contribution in [-0.4, -0.2) is 39.9 Å². The molecule has 1 unspecified atom stereocenters. The van der Waals surface area contributed by atoms with Gasteiger partial charge in [0.05, 0.1) is 11.6 Å². The summed E-state index contributed by atoms with van der Waals surface area (Å²) in [4.78, 5) is 21.0. The molecular formula is C26H26FN5OS. The molecule has 0 aliphatic carbocycles. The predicted octanol–water partition coefficient (Wildman–Crippen LogP) is 4.79. The van der Waals surface area contributed by atoms with Crippen molar-refractivity contribution in [3.8, 4) is 11.3 Å². The molecular weight excluding hydrogens is 449 g/mol. The summed E-state index contributed by atoms with van der Waals surface area (Å²) >= 11 is 1.70. The number of nitrogens with one attached hydrogen (secondary N) is 1. The van der Waals surface area contributed by atoms with Crippen molar-refractivity contribution in [1.82, 2.24) is 19.9 Å². The number of anilines is 1. The lowest BCUT2D eigenvalue weighted by Gasteiger charge is -2.33. The molecule has 4 aromatic rings. The Morgan fingerprint density at radius 2 is 1.97 bits per heavy atom. The number of hydrogen-bond acceptors (Lipinski definition) is 5. The molecule has 1 saturated heterocycles. The molecule has 1 amide bonds. The Morgan fingerprint density at radius 3 is 2.74 bits per heavy atom. The van der Waals surface area contributed by atoms with Crippen LogP contribution in [0.1, 0.15) is 18.4 Å². The second kappa shape index (κ2) is 9.85. The smallest absolute Gasteiger partial charge is 0.225 e. The van der Waals surface area contributed by atoms with Crippen molar-refractivity contribution < 1.29 is 9.18 Å². The van der Waals surface area contributed by atoms with Crippen molar-refractivity contribution in [1.29, 1.82) is 0 Å². The van der Waals surface area contributed by atoms with E-state index in [1.54, 1.807) is 34.6 Å². The van der Waals surface area contributed by atoms with Crippen molar-refractivity contribution in [3.63, 3.8) is 0 Å². The highest BCUT2D eigenvalue weighted by molar-refractivity contribution is 7.98. The first-order valence-corrected chi connectivity index (χ1v) is 12.6. The summed E-state index contributed by atoms with van der Waals surface area (Å²) in [6, 6.07) is 16.5. The molecule has 34 heavy (non-hydrogen) atoms. The molecule has 0 spiro atoms. The molecule has 1 atom stereocenters. The maximum absolute atomic E-state index is 13.3. The van der Waals surface area contributed by atoms with E-state index in [1.807, 2.05) is 12.3 Å². The number of piperidine rings is 1. The molecule has 1 aliphatic heterocycles. The zero-order valence-corrected chi connectivity index (χ0v) is 19.8. The van der Waals surface area contributed by atoms with E-state index >= 15 is 0 Å². The van der Waals surface area contributed by atoms with Crippen LogP contribution in [0.5, 0.6) is 0 Å². The van der Waals surface area contributed by atoms with E-state index in [-0.39, 0.29) is 17.6 Å². The summed E-state index contributed by atoms with van der Waals surface area (Å²) < 4.78 is 15.1. The lowest BCUT2D eigenvalue weighted by molar-refractivity contribution is -0.125. The highest BCUT2D eigenvalue weighted by atomic mass is 32.2. The molecule has 6 nitrogen and oxygen atoms in total. The van der Waals surface area contributed by atoms with Gasteiger partial charge in [-0.3, -0.25) is 4.79 Å². The van der Waals surface area contributed by atoms with E-state index in [0.717, 1.165) is 47.5 Å². The van der Waals surface area contributed by atoms with Crippen LogP contribution in [0.25, 0.3) is 16.8 Å². The molecule has 2 aromatic heterocycles. The fourth-order valence-corrected chi connectivity index (χ4v) is 4.78. The van der Waals surface area contributed by atoms with Gasteiger partial charge in [0.1, 0.15) is 11.3 Å². The number of thioether (sulfide) groups is 1. The monoisotopic (exact) mass is 475 g/mol. The van der Waals surface area contributed by atoms with Crippen LogP contribution in [0.4, 0.5) is 10.2 Å². The summed E-state index contributed by atoms with van der Waals surface area (Å²) in [5.41, 5.74) is 3.57. The SMILES string of the molecule is CSc1ccc(CNC(=O)C2CCCN(c3nccn4nc(-c5ccc(F)cc5)cc34)C2)cc1. The average Bonchev–Trinajstić information content (AvgIpc) is 3.32. The lowest BCUT2D eigenvalue weighted by atomic mass is 9.97. The Hall–Kier alpha value is -3.39. The molecule has 1 aliphatic rings. The molecule has 1 N–H and O–H groups in total. The highest BCUT2D eigenvalue weighted by Gasteiger charge is 2.27. The molecule has 0 radical (unpaired) electrons. The van der Waals surface area contributed by atoms with Gasteiger partial charge in [0, 0.05) is 42.5 Å². The van der Waals surface area contributed by atoms with E-state index in [4.69, 9.17) is 0 Å². The molecule has 5 rings (SSSR count). The number of rotatable bonds is 6. The first-order chi connectivity index (χ1) is 16.6. The number of fused-ring (bicyclic) bond motifs is 1. The number of carbonyl (C=O) groups excluding carboxylic acids is 1. The van der Waals surface area contributed by atoms with Gasteiger partial charge < -0.3 is 10.2 Å². The Balaban J connectivity index is 1.30.